The Balaban J connectivity index is 2.68. The molecule has 18 heavy (non-hydrogen) atoms. The molecule has 0 bridgehead atoms. The van der Waals surface area contributed by atoms with Crippen LogP contribution in [0.1, 0.15) is 26.3 Å². The second kappa shape index (κ2) is 7.39. The molecule has 4 heteroatoms. The van der Waals surface area contributed by atoms with Gasteiger partial charge in [-0.2, -0.15) is 0 Å². The van der Waals surface area contributed by atoms with Crippen LogP contribution in [0.25, 0.3) is 0 Å². The highest BCUT2D eigenvalue weighted by Gasteiger charge is 2.03. The number of ether oxygens (including phenoxy) is 1. The van der Waals surface area contributed by atoms with E-state index >= 15 is 0 Å². The maximum atomic E-state index is 13.4. The van der Waals surface area contributed by atoms with Crippen LogP contribution in [0.15, 0.2) is 29.3 Å². The molecule has 0 aliphatic carbocycles. The largest absolute Gasteiger partial charge is 0.489 e. The van der Waals surface area contributed by atoms with Gasteiger partial charge in [0, 0.05) is 24.2 Å². The molecule has 0 saturated carbocycles. The maximum absolute atomic E-state index is 13.4. The standard InChI is InChI=1S/C14H19ClFNO/c1-10(2)17-8-12-4-13(16)6-14(5-12)18-9-11(3)7-15/h4-7,10,17H,8-9H2,1-3H3/b11-7+. The molecule has 1 N–H and O–H groups in total. The van der Waals surface area contributed by atoms with Crippen molar-refractivity contribution in [2.45, 2.75) is 33.4 Å². The summed E-state index contributed by atoms with van der Waals surface area (Å²) in [7, 11) is 0. The third-order valence-electron chi connectivity index (χ3n) is 2.30. The number of hydrogen-bond acceptors (Lipinski definition) is 2. The highest BCUT2D eigenvalue weighted by molar-refractivity contribution is 6.25. The topological polar surface area (TPSA) is 21.3 Å². The molecular formula is C14H19ClFNO. The van der Waals surface area contributed by atoms with Crippen LogP contribution in [-0.2, 0) is 6.54 Å². The summed E-state index contributed by atoms with van der Waals surface area (Å²) in [6.07, 6.45) is 0. The average Bonchev–Trinajstić information content (AvgIpc) is 2.33. The lowest BCUT2D eigenvalue weighted by Crippen LogP contribution is -2.21. The molecule has 1 aromatic rings. The fourth-order valence-electron chi connectivity index (χ4n) is 1.36. The monoisotopic (exact) mass is 271 g/mol. The molecule has 0 aliphatic heterocycles. The zero-order valence-corrected chi connectivity index (χ0v) is 11.7. The van der Waals surface area contributed by atoms with E-state index in [9.17, 15) is 4.39 Å². The van der Waals surface area contributed by atoms with Gasteiger partial charge >= 0.3 is 0 Å². The number of nitrogens with one attached hydrogen (secondary N) is 1. The Morgan fingerprint density at radius 3 is 2.78 bits per heavy atom. The van der Waals surface area contributed by atoms with Gasteiger partial charge in [0.05, 0.1) is 0 Å². The van der Waals surface area contributed by atoms with E-state index in [0.717, 1.165) is 11.1 Å². The van der Waals surface area contributed by atoms with Gasteiger partial charge in [0.15, 0.2) is 0 Å². The Morgan fingerprint density at radius 2 is 2.17 bits per heavy atom. The van der Waals surface area contributed by atoms with Gasteiger partial charge < -0.3 is 10.1 Å². The van der Waals surface area contributed by atoms with Crippen LogP contribution in [0.2, 0.25) is 0 Å². The van der Waals surface area contributed by atoms with Gasteiger partial charge in [-0.3, -0.25) is 0 Å². The van der Waals surface area contributed by atoms with Gasteiger partial charge in [0.25, 0.3) is 0 Å². The predicted octanol–water partition coefficient (Wildman–Crippen LogP) is 3.85. The van der Waals surface area contributed by atoms with Gasteiger partial charge in [0.1, 0.15) is 18.2 Å². The molecular weight excluding hydrogens is 253 g/mol. The maximum Gasteiger partial charge on any atom is 0.127 e. The van der Waals surface area contributed by atoms with E-state index in [1.54, 1.807) is 0 Å². The SMILES string of the molecule is C/C(=C\Cl)COc1cc(F)cc(CNC(C)C)c1. The van der Waals surface area contributed by atoms with Crippen LogP contribution >= 0.6 is 11.6 Å². The molecule has 0 spiro atoms. The molecule has 0 heterocycles. The van der Waals surface area contributed by atoms with E-state index in [4.69, 9.17) is 16.3 Å². The second-order valence-corrected chi connectivity index (χ2v) is 4.79. The van der Waals surface area contributed by atoms with Crippen molar-refractivity contribution in [2.75, 3.05) is 6.61 Å². The Morgan fingerprint density at radius 1 is 1.44 bits per heavy atom. The Hall–Kier alpha value is -1.06. The molecule has 0 saturated heterocycles. The first-order chi connectivity index (χ1) is 8.51. The Kier molecular flexibility index (Phi) is 6.16. The summed E-state index contributed by atoms with van der Waals surface area (Å²) in [6, 6.07) is 5.08. The van der Waals surface area contributed by atoms with E-state index < -0.39 is 0 Å². The summed E-state index contributed by atoms with van der Waals surface area (Å²) in [5.74, 6) is 0.231. The van der Waals surface area contributed by atoms with Crippen molar-refractivity contribution in [3.8, 4) is 5.75 Å². The summed E-state index contributed by atoms with van der Waals surface area (Å²) in [4.78, 5) is 0. The first-order valence-corrected chi connectivity index (χ1v) is 6.36. The highest BCUT2D eigenvalue weighted by Crippen LogP contribution is 2.17. The summed E-state index contributed by atoms with van der Waals surface area (Å²) < 4.78 is 18.9. The Labute approximate surface area is 113 Å². The smallest absolute Gasteiger partial charge is 0.127 e. The van der Waals surface area contributed by atoms with Gasteiger partial charge in [-0.1, -0.05) is 25.4 Å². The molecule has 0 atom stereocenters. The third kappa shape index (κ3) is 5.52. The fraction of sp³-hybridized carbons (Fsp3) is 0.429. The van der Waals surface area contributed by atoms with E-state index in [1.165, 1.54) is 17.7 Å². The van der Waals surface area contributed by atoms with Crippen LogP contribution in [0.5, 0.6) is 5.75 Å². The quantitative estimate of drug-likeness (QED) is 0.849. The zero-order chi connectivity index (χ0) is 13.5. The first-order valence-electron chi connectivity index (χ1n) is 5.92. The fourth-order valence-corrected chi connectivity index (χ4v) is 1.42. The molecule has 0 radical (unpaired) electrons. The minimum atomic E-state index is -0.291. The van der Waals surface area contributed by atoms with Crippen molar-refractivity contribution in [2.24, 2.45) is 0 Å². The molecule has 0 fully saturated rings. The molecule has 1 aromatic carbocycles. The minimum absolute atomic E-state index is 0.291. The zero-order valence-electron chi connectivity index (χ0n) is 11.0. The van der Waals surface area contributed by atoms with Crippen LogP contribution in [0, 0.1) is 5.82 Å². The molecule has 0 amide bonds. The number of hydrogen-bond donors (Lipinski definition) is 1. The minimum Gasteiger partial charge on any atom is -0.489 e. The van der Waals surface area contributed by atoms with E-state index in [-0.39, 0.29) is 5.82 Å². The molecule has 0 aromatic heterocycles. The van der Waals surface area contributed by atoms with Gasteiger partial charge in [-0.25, -0.2) is 4.39 Å². The van der Waals surface area contributed by atoms with Gasteiger partial charge in [0.2, 0.25) is 0 Å². The summed E-state index contributed by atoms with van der Waals surface area (Å²) >= 11 is 5.54. The lowest BCUT2D eigenvalue weighted by Gasteiger charge is -2.11. The van der Waals surface area contributed by atoms with Gasteiger partial charge in [-0.05, 0) is 30.2 Å². The second-order valence-electron chi connectivity index (χ2n) is 4.57. The molecule has 1 rings (SSSR count). The summed E-state index contributed by atoms with van der Waals surface area (Å²) in [5, 5.41) is 3.24. The van der Waals surface area contributed by atoms with Crippen molar-refractivity contribution < 1.29 is 9.13 Å². The third-order valence-corrected chi connectivity index (χ3v) is 2.67. The van der Waals surface area contributed by atoms with Gasteiger partial charge in [-0.15, -0.1) is 0 Å². The van der Waals surface area contributed by atoms with Crippen molar-refractivity contribution in [3.05, 3.63) is 40.7 Å². The average molecular weight is 272 g/mol. The van der Waals surface area contributed by atoms with Crippen LogP contribution in [-0.4, -0.2) is 12.6 Å². The first kappa shape index (κ1) is 15.0. The van der Waals surface area contributed by atoms with E-state index in [1.807, 2.05) is 26.8 Å². The molecule has 0 aliphatic rings. The molecule has 100 valence electrons. The molecule has 0 unspecified atom stereocenters. The number of rotatable bonds is 6. The van der Waals surface area contributed by atoms with Crippen molar-refractivity contribution >= 4 is 11.6 Å². The predicted molar refractivity (Wildman–Crippen MR) is 73.5 cm³/mol. The van der Waals surface area contributed by atoms with Crippen molar-refractivity contribution in [3.63, 3.8) is 0 Å². The van der Waals surface area contributed by atoms with E-state index in [0.29, 0.717) is 24.9 Å². The highest BCUT2D eigenvalue weighted by atomic mass is 35.5. The lowest BCUT2D eigenvalue weighted by molar-refractivity contribution is 0.349. The summed E-state index contributed by atoms with van der Waals surface area (Å²) in [5.41, 5.74) is 3.22. The molecule has 2 nitrogen and oxygen atoms in total. The number of halogens is 2. The van der Waals surface area contributed by atoms with Crippen molar-refractivity contribution in [1.82, 2.24) is 5.32 Å². The van der Waals surface area contributed by atoms with Crippen LogP contribution in [0.4, 0.5) is 4.39 Å². The lowest BCUT2D eigenvalue weighted by atomic mass is 10.2. The van der Waals surface area contributed by atoms with Crippen LogP contribution < -0.4 is 10.1 Å². The van der Waals surface area contributed by atoms with E-state index in [2.05, 4.69) is 5.32 Å². The van der Waals surface area contributed by atoms with Crippen LogP contribution in [0.3, 0.4) is 0 Å². The summed E-state index contributed by atoms with van der Waals surface area (Å²) in [6.45, 7) is 6.93. The Bertz CT molecular complexity index is 418. The normalized spacial score (nSPS) is 12.0. The number of benzene rings is 1. The van der Waals surface area contributed by atoms with Crippen molar-refractivity contribution in [1.29, 1.82) is 0 Å².